The van der Waals surface area contributed by atoms with Crippen LogP contribution in [-0.4, -0.2) is 53.2 Å². The molecule has 1 aromatic heterocycles. The van der Waals surface area contributed by atoms with Gasteiger partial charge in [0, 0.05) is 19.2 Å². The summed E-state index contributed by atoms with van der Waals surface area (Å²) < 4.78 is 22.3. The predicted molar refractivity (Wildman–Crippen MR) is 116 cm³/mol. The standard InChI is InChI=1S/C20H16N4O5S2/c21-9-13-19(23-3-5-26-6-4-23)29-17(22-13)8-16-18(25)24(20(30)31-16)10-12-1-2-14-15(7-12)28-11-27-14/h1-2,7-8H,3-6,10-11H2/b16-8+. The zero-order valence-electron chi connectivity index (χ0n) is 16.2. The summed E-state index contributed by atoms with van der Waals surface area (Å²) in [6.07, 6.45) is 1.53. The fraction of sp³-hybridized carbons (Fsp3) is 0.300. The molecule has 1 amide bonds. The van der Waals surface area contributed by atoms with Crippen molar-refractivity contribution in [3.05, 3.63) is 40.3 Å². The van der Waals surface area contributed by atoms with E-state index in [1.807, 2.05) is 23.1 Å². The van der Waals surface area contributed by atoms with Crippen LogP contribution in [0.4, 0.5) is 5.88 Å². The van der Waals surface area contributed by atoms with Gasteiger partial charge in [-0.05, 0) is 17.7 Å². The Balaban J connectivity index is 1.35. The van der Waals surface area contributed by atoms with Crippen LogP contribution in [0.1, 0.15) is 17.1 Å². The predicted octanol–water partition coefficient (Wildman–Crippen LogP) is 2.51. The van der Waals surface area contributed by atoms with Gasteiger partial charge in [0.15, 0.2) is 11.5 Å². The first-order valence-corrected chi connectivity index (χ1v) is 10.7. The van der Waals surface area contributed by atoms with Crippen LogP contribution in [0.2, 0.25) is 0 Å². The number of nitrogens with zero attached hydrogens (tertiary/aromatic N) is 4. The van der Waals surface area contributed by atoms with Crippen LogP contribution < -0.4 is 14.4 Å². The molecule has 0 aliphatic carbocycles. The Bertz CT molecular complexity index is 1130. The van der Waals surface area contributed by atoms with E-state index in [1.54, 1.807) is 0 Å². The van der Waals surface area contributed by atoms with E-state index in [0.29, 0.717) is 59.5 Å². The third-order valence-electron chi connectivity index (χ3n) is 4.94. The normalized spacial score (nSPS) is 19.4. The van der Waals surface area contributed by atoms with E-state index in [0.717, 1.165) is 5.56 Å². The number of benzene rings is 1. The lowest BCUT2D eigenvalue weighted by Gasteiger charge is -2.25. The van der Waals surface area contributed by atoms with E-state index in [4.69, 9.17) is 30.8 Å². The molecular weight excluding hydrogens is 440 g/mol. The number of ether oxygens (including phenoxy) is 3. The molecule has 0 saturated carbocycles. The van der Waals surface area contributed by atoms with Gasteiger partial charge in [0.1, 0.15) is 10.4 Å². The first kappa shape index (κ1) is 19.9. The van der Waals surface area contributed by atoms with Crippen molar-refractivity contribution in [2.75, 3.05) is 38.0 Å². The molecule has 0 N–H and O–H groups in total. The maximum absolute atomic E-state index is 13.0. The Kier molecular flexibility index (Phi) is 5.27. The Labute approximate surface area is 187 Å². The molecule has 3 aliphatic rings. The number of carbonyl (C=O) groups is 1. The molecular formula is C20H16N4O5S2. The van der Waals surface area contributed by atoms with E-state index < -0.39 is 0 Å². The van der Waals surface area contributed by atoms with Gasteiger partial charge < -0.3 is 23.5 Å². The maximum atomic E-state index is 13.0. The number of rotatable bonds is 4. The fourth-order valence-corrected chi connectivity index (χ4v) is 4.63. The van der Waals surface area contributed by atoms with Crippen molar-refractivity contribution in [1.29, 1.82) is 5.26 Å². The van der Waals surface area contributed by atoms with Crippen LogP contribution >= 0.6 is 24.0 Å². The molecule has 9 nitrogen and oxygen atoms in total. The second-order valence-corrected chi connectivity index (χ2v) is 8.55. The molecule has 3 aliphatic heterocycles. The zero-order valence-corrected chi connectivity index (χ0v) is 17.8. The quantitative estimate of drug-likeness (QED) is 0.504. The van der Waals surface area contributed by atoms with Crippen LogP contribution in [0.15, 0.2) is 27.5 Å². The molecule has 0 radical (unpaired) electrons. The summed E-state index contributed by atoms with van der Waals surface area (Å²) in [7, 11) is 0. The number of oxazole rings is 1. The van der Waals surface area contributed by atoms with Crippen molar-refractivity contribution >= 4 is 46.2 Å². The number of carbonyl (C=O) groups excluding carboxylic acids is 1. The highest BCUT2D eigenvalue weighted by atomic mass is 32.2. The highest BCUT2D eigenvalue weighted by Gasteiger charge is 2.33. The molecule has 0 unspecified atom stereocenters. The van der Waals surface area contributed by atoms with Gasteiger partial charge in [-0.15, -0.1) is 0 Å². The van der Waals surface area contributed by atoms with Crippen molar-refractivity contribution in [2.45, 2.75) is 6.54 Å². The zero-order chi connectivity index (χ0) is 21.4. The number of anilines is 1. The average Bonchev–Trinajstić information content (AvgIpc) is 3.48. The van der Waals surface area contributed by atoms with Crippen molar-refractivity contribution in [3.8, 4) is 17.6 Å². The number of thioether (sulfide) groups is 1. The molecule has 0 bridgehead atoms. The number of amides is 1. The minimum atomic E-state index is -0.239. The average molecular weight is 457 g/mol. The Morgan fingerprint density at radius 3 is 2.87 bits per heavy atom. The first-order valence-electron chi connectivity index (χ1n) is 9.50. The third kappa shape index (κ3) is 3.85. The number of hydrogen-bond acceptors (Lipinski definition) is 10. The largest absolute Gasteiger partial charge is 0.454 e. The maximum Gasteiger partial charge on any atom is 0.266 e. The van der Waals surface area contributed by atoms with Gasteiger partial charge in [-0.25, -0.2) is 0 Å². The van der Waals surface area contributed by atoms with Crippen LogP contribution in [0.5, 0.6) is 11.5 Å². The number of hydrogen-bond donors (Lipinski definition) is 0. The van der Waals surface area contributed by atoms with Crippen LogP contribution in [0.3, 0.4) is 0 Å². The molecule has 2 saturated heterocycles. The highest BCUT2D eigenvalue weighted by Crippen LogP contribution is 2.37. The summed E-state index contributed by atoms with van der Waals surface area (Å²) in [6.45, 7) is 2.84. The molecule has 11 heteroatoms. The van der Waals surface area contributed by atoms with Gasteiger partial charge in [-0.2, -0.15) is 10.2 Å². The van der Waals surface area contributed by atoms with Crippen molar-refractivity contribution in [3.63, 3.8) is 0 Å². The monoisotopic (exact) mass is 456 g/mol. The number of morpholine rings is 1. The molecule has 31 heavy (non-hydrogen) atoms. The molecule has 1 aromatic carbocycles. The molecule has 158 valence electrons. The Morgan fingerprint density at radius 1 is 1.26 bits per heavy atom. The molecule has 5 rings (SSSR count). The Hall–Kier alpha value is -3.07. The Morgan fingerprint density at radius 2 is 2.06 bits per heavy atom. The number of nitriles is 1. The third-order valence-corrected chi connectivity index (χ3v) is 6.31. The highest BCUT2D eigenvalue weighted by molar-refractivity contribution is 8.26. The summed E-state index contributed by atoms with van der Waals surface area (Å²) in [5.41, 5.74) is 1.06. The summed E-state index contributed by atoms with van der Waals surface area (Å²) in [5.74, 6) is 1.69. The van der Waals surface area contributed by atoms with E-state index in [9.17, 15) is 10.1 Å². The van der Waals surface area contributed by atoms with E-state index in [-0.39, 0.29) is 24.3 Å². The number of fused-ring (bicyclic) bond motifs is 1. The van der Waals surface area contributed by atoms with Crippen molar-refractivity contribution in [2.24, 2.45) is 0 Å². The van der Waals surface area contributed by atoms with Gasteiger partial charge >= 0.3 is 0 Å². The second kappa shape index (κ2) is 8.22. The summed E-state index contributed by atoms with van der Waals surface area (Å²) in [6, 6.07) is 7.58. The summed E-state index contributed by atoms with van der Waals surface area (Å²) in [4.78, 5) is 21.0. The van der Waals surface area contributed by atoms with E-state index in [2.05, 4.69) is 11.1 Å². The lowest BCUT2D eigenvalue weighted by Crippen LogP contribution is -2.36. The SMILES string of the molecule is N#Cc1nc(/C=C2/SC(=S)N(Cc3ccc4c(c3)OCO4)C2=O)oc1N1CCOCC1. The van der Waals surface area contributed by atoms with Gasteiger partial charge in [0.25, 0.3) is 5.91 Å². The minimum Gasteiger partial charge on any atom is -0.454 e. The van der Waals surface area contributed by atoms with Gasteiger partial charge in [-0.1, -0.05) is 30.0 Å². The van der Waals surface area contributed by atoms with Gasteiger partial charge in [-0.3, -0.25) is 9.69 Å². The lowest BCUT2D eigenvalue weighted by molar-refractivity contribution is -0.122. The number of aromatic nitrogens is 1. The van der Waals surface area contributed by atoms with Crippen LogP contribution in [0.25, 0.3) is 6.08 Å². The summed E-state index contributed by atoms with van der Waals surface area (Å²) >= 11 is 6.59. The van der Waals surface area contributed by atoms with Gasteiger partial charge in [0.05, 0.1) is 24.7 Å². The van der Waals surface area contributed by atoms with Crippen LogP contribution in [-0.2, 0) is 16.1 Å². The molecule has 2 fully saturated rings. The second-order valence-electron chi connectivity index (χ2n) is 6.87. The first-order chi connectivity index (χ1) is 15.1. The molecule has 0 atom stereocenters. The topological polar surface area (TPSA) is 101 Å². The molecule has 4 heterocycles. The molecule has 2 aromatic rings. The van der Waals surface area contributed by atoms with Gasteiger partial charge in [0.2, 0.25) is 24.3 Å². The number of thiocarbonyl (C=S) groups is 1. The molecule has 0 spiro atoms. The van der Waals surface area contributed by atoms with Crippen molar-refractivity contribution in [1.82, 2.24) is 9.88 Å². The van der Waals surface area contributed by atoms with E-state index >= 15 is 0 Å². The van der Waals surface area contributed by atoms with Crippen LogP contribution in [0, 0.1) is 11.3 Å². The smallest absolute Gasteiger partial charge is 0.266 e. The minimum absolute atomic E-state index is 0.184. The van der Waals surface area contributed by atoms with E-state index in [1.165, 1.54) is 22.7 Å². The summed E-state index contributed by atoms with van der Waals surface area (Å²) in [5, 5.41) is 9.42. The van der Waals surface area contributed by atoms with Crippen molar-refractivity contribution < 1.29 is 23.4 Å². The lowest BCUT2D eigenvalue weighted by atomic mass is 10.2. The fourth-order valence-electron chi connectivity index (χ4n) is 3.41.